The molecule has 0 radical (unpaired) electrons. The molecule has 0 saturated carbocycles. The van der Waals surface area contributed by atoms with Crippen LogP contribution in [0.2, 0.25) is 0 Å². The summed E-state index contributed by atoms with van der Waals surface area (Å²) >= 11 is 2.19. The topological polar surface area (TPSA) is 57.6 Å². The summed E-state index contributed by atoms with van der Waals surface area (Å²) in [6.45, 7) is 4.59. The van der Waals surface area contributed by atoms with Crippen LogP contribution in [0.5, 0.6) is 0 Å². The van der Waals surface area contributed by atoms with Crippen LogP contribution in [0.3, 0.4) is 0 Å². The van der Waals surface area contributed by atoms with Crippen molar-refractivity contribution in [3.63, 3.8) is 0 Å². The summed E-state index contributed by atoms with van der Waals surface area (Å²) < 4.78 is 1.03. The first-order chi connectivity index (χ1) is 8.45. The summed E-state index contributed by atoms with van der Waals surface area (Å²) in [4.78, 5) is 24.3. The second-order valence-electron chi connectivity index (χ2n) is 3.99. The van der Waals surface area contributed by atoms with Gasteiger partial charge in [-0.2, -0.15) is 0 Å². The molecule has 0 fully saturated rings. The lowest BCUT2D eigenvalue weighted by atomic mass is 10.1. The highest BCUT2D eigenvalue weighted by Crippen LogP contribution is 2.15. The van der Waals surface area contributed by atoms with Crippen molar-refractivity contribution in [3.05, 3.63) is 32.9 Å². The number of halogens is 1. The van der Waals surface area contributed by atoms with Gasteiger partial charge in [0, 0.05) is 22.2 Å². The fourth-order valence-electron chi connectivity index (χ4n) is 1.54. The number of carboxylic acid groups (broad SMARTS) is 1. The van der Waals surface area contributed by atoms with E-state index in [2.05, 4.69) is 22.6 Å². The minimum Gasteiger partial charge on any atom is -0.481 e. The summed E-state index contributed by atoms with van der Waals surface area (Å²) in [5.41, 5.74) is 1.73. The minimum atomic E-state index is -0.889. The van der Waals surface area contributed by atoms with Gasteiger partial charge in [-0.25, -0.2) is 0 Å². The van der Waals surface area contributed by atoms with Crippen LogP contribution in [0.25, 0.3) is 0 Å². The van der Waals surface area contributed by atoms with Crippen molar-refractivity contribution in [1.29, 1.82) is 0 Å². The van der Waals surface area contributed by atoms with Gasteiger partial charge in [-0.1, -0.05) is 6.07 Å². The van der Waals surface area contributed by atoms with Crippen LogP contribution >= 0.6 is 22.6 Å². The van der Waals surface area contributed by atoms with Crippen molar-refractivity contribution < 1.29 is 14.7 Å². The molecule has 0 aromatic heterocycles. The highest BCUT2D eigenvalue weighted by atomic mass is 127. The van der Waals surface area contributed by atoms with Gasteiger partial charge in [-0.05, 0) is 54.1 Å². The molecule has 0 aliphatic heterocycles. The van der Waals surface area contributed by atoms with E-state index in [-0.39, 0.29) is 18.9 Å². The van der Waals surface area contributed by atoms with E-state index >= 15 is 0 Å². The molecule has 0 unspecified atom stereocenters. The number of nitrogens with zero attached hydrogens (tertiary/aromatic N) is 1. The lowest BCUT2D eigenvalue weighted by Crippen LogP contribution is -2.32. The number of carbonyl (C=O) groups excluding carboxylic acids is 1. The number of carboxylic acids is 1. The molecule has 98 valence electrons. The zero-order valence-electron chi connectivity index (χ0n) is 10.4. The molecule has 0 aliphatic rings. The summed E-state index contributed by atoms with van der Waals surface area (Å²) in [6.07, 6.45) is -0.0253. The first kappa shape index (κ1) is 14.9. The minimum absolute atomic E-state index is 0.0253. The maximum atomic E-state index is 12.2. The third-order valence-corrected chi connectivity index (χ3v) is 3.85. The molecule has 4 nitrogen and oxygen atoms in total. The summed E-state index contributed by atoms with van der Waals surface area (Å²) in [6, 6.07) is 5.52. The van der Waals surface area contributed by atoms with Gasteiger partial charge in [0.15, 0.2) is 0 Å². The Bertz CT molecular complexity index is 460. The van der Waals surface area contributed by atoms with Gasteiger partial charge in [0.2, 0.25) is 0 Å². The smallest absolute Gasteiger partial charge is 0.305 e. The highest BCUT2D eigenvalue weighted by molar-refractivity contribution is 14.1. The molecule has 0 aliphatic carbocycles. The molecular formula is C13H16INO3. The van der Waals surface area contributed by atoms with Crippen LogP contribution in [-0.4, -0.2) is 35.0 Å². The Morgan fingerprint density at radius 3 is 2.56 bits per heavy atom. The fraction of sp³-hybridized carbons (Fsp3) is 0.385. The predicted molar refractivity (Wildman–Crippen MR) is 77.7 cm³/mol. The van der Waals surface area contributed by atoms with Gasteiger partial charge in [0.05, 0.1) is 6.42 Å². The number of rotatable bonds is 5. The number of carbonyl (C=O) groups is 2. The molecule has 0 atom stereocenters. The van der Waals surface area contributed by atoms with Crippen molar-refractivity contribution >= 4 is 34.5 Å². The molecule has 0 spiro atoms. The van der Waals surface area contributed by atoms with E-state index in [0.29, 0.717) is 12.1 Å². The second-order valence-corrected chi connectivity index (χ2v) is 5.15. The molecule has 18 heavy (non-hydrogen) atoms. The van der Waals surface area contributed by atoms with E-state index in [4.69, 9.17) is 5.11 Å². The summed E-state index contributed by atoms with van der Waals surface area (Å²) in [7, 11) is 0. The van der Waals surface area contributed by atoms with E-state index in [1.54, 1.807) is 11.0 Å². The average Bonchev–Trinajstić information content (AvgIpc) is 2.32. The lowest BCUT2D eigenvalue weighted by molar-refractivity contribution is -0.137. The average molecular weight is 361 g/mol. The number of hydrogen-bond donors (Lipinski definition) is 1. The molecule has 1 aromatic carbocycles. The molecule has 1 aromatic rings. The standard InChI is InChI=1S/C13H16INO3/c1-3-15(7-6-12(16)17)13(18)10-5-4-9(2)11(14)8-10/h4-5,8H,3,6-7H2,1-2H3,(H,16,17). The normalized spacial score (nSPS) is 10.2. The molecule has 0 saturated heterocycles. The Morgan fingerprint density at radius 1 is 1.39 bits per heavy atom. The predicted octanol–water partition coefficient (Wildman–Crippen LogP) is 2.54. The van der Waals surface area contributed by atoms with Gasteiger partial charge in [-0.3, -0.25) is 9.59 Å². The number of aliphatic carboxylic acids is 1. The largest absolute Gasteiger partial charge is 0.481 e. The number of amides is 1. The van der Waals surface area contributed by atoms with E-state index in [1.165, 1.54) is 0 Å². The van der Waals surface area contributed by atoms with Gasteiger partial charge in [-0.15, -0.1) is 0 Å². The Morgan fingerprint density at radius 2 is 2.06 bits per heavy atom. The Hall–Kier alpha value is -1.11. The number of benzene rings is 1. The first-order valence-corrected chi connectivity index (χ1v) is 6.80. The van der Waals surface area contributed by atoms with Gasteiger partial charge < -0.3 is 10.0 Å². The molecular weight excluding hydrogens is 345 g/mol. The quantitative estimate of drug-likeness (QED) is 0.820. The molecule has 1 rings (SSSR count). The van der Waals surface area contributed by atoms with Crippen molar-refractivity contribution in [2.75, 3.05) is 13.1 Å². The summed E-state index contributed by atoms with van der Waals surface area (Å²) in [5.74, 6) is -1.00. The second kappa shape index (κ2) is 6.72. The Labute approximate surface area is 120 Å². The van der Waals surface area contributed by atoms with E-state index < -0.39 is 5.97 Å². The van der Waals surface area contributed by atoms with Crippen LogP contribution in [0.4, 0.5) is 0 Å². The zero-order valence-corrected chi connectivity index (χ0v) is 12.6. The maximum Gasteiger partial charge on any atom is 0.305 e. The maximum absolute atomic E-state index is 12.2. The zero-order chi connectivity index (χ0) is 13.7. The van der Waals surface area contributed by atoms with Crippen LogP contribution < -0.4 is 0 Å². The SMILES string of the molecule is CCN(CCC(=O)O)C(=O)c1ccc(C)c(I)c1. The third kappa shape index (κ3) is 3.97. The number of aryl methyl sites for hydroxylation is 1. The van der Waals surface area contributed by atoms with Crippen molar-refractivity contribution in [3.8, 4) is 0 Å². The van der Waals surface area contributed by atoms with E-state index in [1.807, 2.05) is 26.0 Å². The number of hydrogen-bond acceptors (Lipinski definition) is 2. The molecule has 0 bridgehead atoms. The fourth-order valence-corrected chi connectivity index (χ4v) is 2.06. The third-order valence-electron chi connectivity index (χ3n) is 2.68. The van der Waals surface area contributed by atoms with E-state index in [0.717, 1.165) is 9.13 Å². The highest BCUT2D eigenvalue weighted by Gasteiger charge is 2.15. The molecule has 0 heterocycles. The van der Waals surface area contributed by atoms with Gasteiger partial charge >= 0.3 is 5.97 Å². The Kier molecular flexibility index (Phi) is 5.58. The van der Waals surface area contributed by atoms with Crippen molar-refractivity contribution in [2.24, 2.45) is 0 Å². The van der Waals surface area contributed by atoms with Crippen molar-refractivity contribution in [1.82, 2.24) is 4.90 Å². The summed E-state index contributed by atoms with van der Waals surface area (Å²) in [5, 5.41) is 8.65. The lowest BCUT2D eigenvalue weighted by Gasteiger charge is -2.20. The van der Waals surface area contributed by atoms with Gasteiger partial charge in [0.1, 0.15) is 0 Å². The van der Waals surface area contributed by atoms with Crippen LogP contribution in [-0.2, 0) is 4.79 Å². The van der Waals surface area contributed by atoms with Crippen LogP contribution in [0.15, 0.2) is 18.2 Å². The Balaban J connectivity index is 2.82. The molecule has 1 amide bonds. The first-order valence-electron chi connectivity index (χ1n) is 5.73. The molecule has 5 heteroatoms. The molecule has 1 N–H and O–H groups in total. The van der Waals surface area contributed by atoms with Crippen LogP contribution in [0, 0.1) is 10.5 Å². The van der Waals surface area contributed by atoms with Crippen molar-refractivity contribution in [2.45, 2.75) is 20.3 Å². The van der Waals surface area contributed by atoms with Crippen LogP contribution in [0.1, 0.15) is 29.3 Å². The monoisotopic (exact) mass is 361 g/mol. The van der Waals surface area contributed by atoms with Gasteiger partial charge in [0.25, 0.3) is 5.91 Å². The van der Waals surface area contributed by atoms with E-state index in [9.17, 15) is 9.59 Å².